The summed E-state index contributed by atoms with van der Waals surface area (Å²) in [7, 11) is 0. The Balaban J connectivity index is 1.71. The van der Waals surface area contributed by atoms with Crippen molar-refractivity contribution >= 4 is 5.91 Å². The molecule has 132 valence electrons. The van der Waals surface area contributed by atoms with Gasteiger partial charge in [0.05, 0.1) is 0 Å². The van der Waals surface area contributed by atoms with Crippen LogP contribution >= 0.6 is 0 Å². The van der Waals surface area contributed by atoms with Crippen molar-refractivity contribution in [3.63, 3.8) is 0 Å². The monoisotopic (exact) mass is 336 g/mol. The first kappa shape index (κ1) is 17.7. The Kier molecular flexibility index (Phi) is 5.52. The third-order valence-electron chi connectivity index (χ3n) is 4.93. The molecule has 2 heterocycles. The fraction of sp³-hybridized carbons (Fsp3) is 0.455. The van der Waals surface area contributed by atoms with Crippen LogP contribution in [0.3, 0.4) is 0 Å². The maximum atomic E-state index is 12.3. The van der Waals surface area contributed by atoms with E-state index in [1.54, 1.807) is 0 Å². The smallest absolute Gasteiger partial charge is 0.222 e. The first-order valence-corrected chi connectivity index (χ1v) is 9.34. The second-order valence-electron chi connectivity index (χ2n) is 7.54. The van der Waals surface area contributed by atoms with Gasteiger partial charge in [-0.2, -0.15) is 0 Å². The van der Waals surface area contributed by atoms with Gasteiger partial charge in [-0.05, 0) is 48.9 Å². The minimum Gasteiger partial charge on any atom is -0.343 e. The highest BCUT2D eigenvalue weighted by molar-refractivity contribution is 5.76. The number of aromatic nitrogens is 1. The zero-order valence-electron chi connectivity index (χ0n) is 15.5. The van der Waals surface area contributed by atoms with Gasteiger partial charge in [0, 0.05) is 36.8 Å². The van der Waals surface area contributed by atoms with Crippen molar-refractivity contribution in [2.45, 2.75) is 46.0 Å². The number of nitrogens with zero attached hydrogens (tertiary/aromatic N) is 2. The van der Waals surface area contributed by atoms with Crippen LogP contribution in [0.4, 0.5) is 0 Å². The number of pyridine rings is 1. The predicted octanol–water partition coefficient (Wildman–Crippen LogP) is 4.81. The van der Waals surface area contributed by atoms with Gasteiger partial charge >= 0.3 is 0 Å². The van der Waals surface area contributed by atoms with Crippen LogP contribution < -0.4 is 0 Å². The molecule has 0 unspecified atom stereocenters. The molecule has 0 bridgehead atoms. The molecule has 25 heavy (non-hydrogen) atoms. The van der Waals surface area contributed by atoms with Gasteiger partial charge in [-0.1, -0.05) is 44.2 Å². The quantitative estimate of drug-likeness (QED) is 0.803. The SMILES string of the molecule is Cc1cc(-c2ccccc2)cc(C2CCN(C(=O)CC(C)C)CC2)n1. The van der Waals surface area contributed by atoms with E-state index in [1.165, 1.54) is 16.8 Å². The van der Waals surface area contributed by atoms with Gasteiger partial charge in [0.15, 0.2) is 0 Å². The van der Waals surface area contributed by atoms with Crippen LogP contribution in [0.25, 0.3) is 11.1 Å². The molecule has 0 spiro atoms. The van der Waals surface area contributed by atoms with Gasteiger partial charge in [-0.25, -0.2) is 0 Å². The molecular weight excluding hydrogens is 308 g/mol. The van der Waals surface area contributed by atoms with Crippen molar-refractivity contribution in [3.8, 4) is 11.1 Å². The number of aryl methyl sites for hydroxylation is 1. The van der Waals surface area contributed by atoms with E-state index in [-0.39, 0.29) is 0 Å². The second-order valence-corrected chi connectivity index (χ2v) is 7.54. The largest absolute Gasteiger partial charge is 0.343 e. The lowest BCUT2D eigenvalue weighted by molar-refractivity contribution is -0.133. The van der Waals surface area contributed by atoms with E-state index >= 15 is 0 Å². The molecule has 0 saturated carbocycles. The third-order valence-corrected chi connectivity index (χ3v) is 4.93. The summed E-state index contributed by atoms with van der Waals surface area (Å²) in [5.74, 6) is 1.18. The highest BCUT2D eigenvalue weighted by Gasteiger charge is 2.25. The highest BCUT2D eigenvalue weighted by atomic mass is 16.2. The maximum Gasteiger partial charge on any atom is 0.222 e. The van der Waals surface area contributed by atoms with E-state index in [4.69, 9.17) is 4.98 Å². The van der Waals surface area contributed by atoms with Crippen LogP contribution in [0.2, 0.25) is 0 Å². The van der Waals surface area contributed by atoms with E-state index in [0.29, 0.717) is 24.2 Å². The number of rotatable bonds is 4. The standard InChI is InChI=1S/C22H28N2O/c1-16(2)13-22(25)24-11-9-19(10-12-24)21-15-20(14-17(3)23-21)18-7-5-4-6-8-18/h4-8,14-16,19H,9-13H2,1-3H3. The minimum atomic E-state index is 0.302. The van der Waals surface area contributed by atoms with E-state index in [2.05, 4.69) is 57.2 Å². The van der Waals surface area contributed by atoms with E-state index in [1.807, 2.05) is 11.0 Å². The minimum absolute atomic E-state index is 0.302. The molecule has 3 rings (SSSR count). The van der Waals surface area contributed by atoms with Crippen LogP contribution in [-0.2, 0) is 4.79 Å². The Labute approximate surface area is 151 Å². The number of hydrogen-bond donors (Lipinski definition) is 0. The zero-order valence-corrected chi connectivity index (χ0v) is 15.5. The molecule has 1 aliphatic rings. The molecule has 2 aromatic rings. The van der Waals surface area contributed by atoms with Gasteiger partial charge in [0.1, 0.15) is 0 Å². The third kappa shape index (κ3) is 4.47. The fourth-order valence-corrected chi connectivity index (χ4v) is 3.60. The lowest BCUT2D eigenvalue weighted by Gasteiger charge is -2.32. The Morgan fingerprint density at radius 3 is 2.44 bits per heavy atom. The molecule has 3 nitrogen and oxygen atoms in total. The maximum absolute atomic E-state index is 12.3. The van der Waals surface area contributed by atoms with Crippen LogP contribution in [0.15, 0.2) is 42.5 Å². The average Bonchev–Trinajstić information content (AvgIpc) is 2.61. The Morgan fingerprint density at radius 1 is 1.12 bits per heavy atom. The molecule has 1 amide bonds. The van der Waals surface area contributed by atoms with Crippen LogP contribution in [-0.4, -0.2) is 28.9 Å². The van der Waals surface area contributed by atoms with Crippen molar-refractivity contribution in [2.75, 3.05) is 13.1 Å². The van der Waals surface area contributed by atoms with Gasteiger partial charge in [0.2, 0.25) is 5.91 Å². The summed E-state index contributed by atoms with van der Waals surface area (Å²) in [4.78, 5) is 19.1. The topological polar surface area (TPSA) is 33.2 Å². The van der Waals surface area contributed by atoms with Crippen molar-refractivity contribution in [1.82, 2.24) is 9.88 Å². The zero-order chi connectivity index (χ0) is 17.8. The molecular formula is C22H28N2O. The van der Waals surface area contributed by atoms with Crippen molar-refractivity contribution in [2.24, 2.45) is 5.92 Å². The number of amides is 1. The molecule has 1 fully saturated rings. The van der Waals surface area contributed by atoms with Gasteiger partial charge < -0.3 is 4.90 Å². The summed E-state index contributed by atoms with van der Waals surface area (Å²) in [5.41, 5.74) is 4.71. The van der Waals surface area contributed by atoms with Gasteiger partial charge in [-0.3, -0.25) is 9.78 Å². The molecule has 1 aliphatic heterocycles. The normalized spacial score (nSPS) is 15.6. The molecule has 1 aromatic heterocycles. The second kappa shape index (κ2) is 7.81. The predicted molar refractivity (Wildman–Crippen MR) is 102 cm³/mol. The number of carbonyl (C=O) groups is 1. The summed E-state index contributed by atoms with van der Waals surface area (Å²) in [6.45, 7) is 7.98. The summed E-state index contributed by atoms with van der Waals surface area (Å²) >= 11 is 0. The molecule has 1 aromatic carbocycles. The number of piperidine rings is 1. The first-order valence-electron chi connectivity index (χ1n) is 9.34. The van der Waals surface area contributed by atoms with Crippen LogP contribution in [0.1, 0.15) is 50.4 Å². The highest BCUT2D eigenvalue weighted by Crippen LogP contribution is 2.30. The van der Waals surface area contributed by atoms with Crippen molar-refractivity contribution < 1.29 is 4.79 Å². The number of hydrogen-bond acceptors (Lipinski definition) is 2. The molecule has 0 radical (unpaired) electrons. The summed E-state index contributed by atoms with van der Waals surface area (Å²) in [6.07, 6.45) is 2.68. The van der Waals surface area contributed by atoms with Gasteiger partial charge in [-0.15, -0.1) is 0 Å². The summed E-state index contributed by atoms with van der Waals surface area (Å²) in [6, 6.07) is 14.9. The van der Waals surface area contributed by atoms with E-state index in [0.717, 1.165) is 31.6 Å². The Hall–Kier alpha value is -2.16. The number of benzene rings is 1. The van der Waals surface area contributed by atoms with Crippen LogP contribution in [0, 0.1) is 12.8 Å². The van der Waals surface area contributed by atoms with Crippen molar-refractivity contribution in [1.29, 1.82) is 0 Å². The number of carbonyl (C=O) groups excluding carboxylic acids is 1. The van der Waals surface area contributed by atoms with E-state index < -0.39 is 0 Å². The molecule has 1 saturated heterocycles. The molecule has 0 atom stereocenters. The van der Waals surface area contributed by atoms with Crippen LogP contribution in [0.5, 0.6) is 0 Å². The number of likely N-dealkylation sites (tertiary alicyclic amines) is 1. The lowest BCUT2D eigenvalue weighted by Crippen LogP contribution is -2.38. The average molecular weight is 336 g/mol. The van der Waals surface area contributed by atoms with Crippen molar-refractivity contribution in [3.05, 3.63) is 53.9 Å². The lowest BCUT2D eigenvalue weighted by atomic mass is 9.91. The Bertz CT molecular complexity index is 716. The van der Waals surface area contributed by atoms with Gasteiger partial charge in [0.25, 0.3) is 0 Å². The summed E-state index contributed by atoms with van der Waals surface area (Å²) in [5, 5.41) is 0. The molecule has 0 aliphatic carbocycles. The molecule has 0 N–H and O–H groups in total. The fourth-order valence-electron chi connectivity index (χ4n) is 3.60. The summed E-state index contributed by atoms with van der Waals surface area (Å²) < 4.78 is 0. The Morgan fingerprint density at radius 2 is 1.80 bits per heavy atom. The van der Waals surface area contributed by atoms with E-state index in [9.17, 15) is 4.79 Å². The molecule has 3 heteroatoms. The first-order chi connectivity index (χ1) is 12.0.